The summed E-state index contributed by atoms with van der Waals surface area (Å²) in [5, 5.41) is 10.2. The van der Waals surface area contributed by atoms with Crippen molar-refractivity contribution < 1.29 is 19.1 Å². The van der Waals surface area contributed by atoms with Gasteiger partial charge in [0.05, 0.1) is 31.4 Å². The highest BCUT2D eigenvalue weighted by molar-refractivity contribution is 5.93. The number of nitrogens with zero attached hydrogens (tertiary/aromatic N) is 2. The van der Waals surface area contributed by atoms with Crippen LogP contribution in [-0.2, 0) is 11.3 Å². The number of hydrogen-bond donors (Lipinski definition) is 1. The van der Waals surface area contributed by atoms with Crippen molar-refractivity contribution in [3.63, 3.8) is 0 Å². The number of carbonyl (C=O) groups excluding carboxylic acids is 1. The fourth-order valence-corrected chi connectivity index (χ4v) is 3.04. The van der Waals surface area contributed by atoms with Crippen molar-refractivity contribution in [1.82, 2.24) is 9.80 Å². The molecule has 1 amide bonds. The van der Waals surface area contributed by atoms with Gasteiger partial charge >= 0.3 is 0 Å². The van der Waals surface area contributed by atoms with E-state index in [1.165, 1.54) is 6.26 Å². The molecule has 26 heavy (non-hydrogen) atoms. The molecule has 1 aromatic carbocycles. The van der Waals surface area contributed by atoms with Crippen molar-refractivity contribution in [2.45, 2.75) is 19.1 Å². The zero-order valence-electron chi connectivity index (χ0n) is 15.1. The Morgan fingerprint density at radius 3 is 2.73 bits per heavy atom. The van der Waals surface area contributed by atoms with E-state index in [4.69, 9.17) is 9.15 Å². The molecule has 2 heterocycles. The summed E-state index contributed by atoms with van der Waals surface area (Å²) in [6.45, 7) is 4.38. The third kappa shape index (κ3) is 4.94. The van der Waals surface area contributed by atoms with Gasteiger partial charge in [-0.15, -0.1) is 0 Å². The second kappa shape index (κ2) is 8.98. The van der Waals surface area contributed by atoms with Crippen LogP contribution in [-0.4, -0.2) is 60.7 Å². The van der Waals surface area contributed by atoms with Gasteiger partial charge in [-0.3, -0.25) is 9.69 Å². The fraction of sp³-hybridized carbons (Fsp3) is 0.450. The lowest BCUT2D eigenvalue weighted by Gasteiger charge is -2.25. The minimum atomic E-state index is -0.576. The number of hydrogen-bond acceptors (Lipinski definition) is 5. The van der Waals surface area contributed by atoms with E-state index >= 15 is 0 Å². The Labute approximate surface area is 154 Å². The maximum atomic E-state index is 12.5. The molecule has 2 aromatic rings. The molecule has 0 spiro atoms. The zero-order valence-corrected chi connectivity index (χ0v) is 15.1. The third-order valence-electron chi connectivity index (χ3n) is 4.65. The second-order valence-corrected chi connectivity index (χ2v) is 6.63. The predicted molar refractivity (Wildman–Crippen MR) is 97.8 cm³/mol. The van der Waals surface area contributed by atoms with Crippen LogP contribution in [0.2, 0.25) is 0 Å². The summed E-state index contributed by atoms with van der Waals surface area (Å²) in [5.74, 6) is 0.690. The Morgan fingerprint density at radius 2 is 2.00 bits per heavy atom. The van der Waals surface area contributed by atoms with Crippen molar-refractivity contribution in [2.24, 2.45) is 0 Å². The number of morpholine rings is 1. The summed E-state index contributed by atoms with van der Waals surface area (Å²) in [7, 11) is 1.74. The number of furan rings is 1. The summed E-state index contributed by atoms with van der Waals surface area (Å²) >= 11 is 0. The van der Waals surface area contributed by atoms with Crippen LogP contribution >= 0.6 is 0 Å². The largest absolute Gasteiger partial charge is 0.467 e. The van der Waals surface area contributed by atoms with E-state index < -0.39 is 6.10 Å². The fourth-order valence-electron chi connectivity index (χ4n) is 3.04. The van der Waals surface area contributed by atoms with Crippen LogP contribution in [0.25, 0.3) is 0 Å². The first-order chi connectivity index (χ1) is 12.6. The van der Waals surface area contributed by atoms with Crippen molar-refractivity contribution in [3.8, 4) is 0 Å². The molecule has 140 valence electrons. The number of rotatable bonds is 7. The maximum absolute atomic E-state index is 12.5. The zero-order chi connectivity index (χ0) is 18.4. The monoisotopic (exact) mass is 358 g/mol. The molecule has 0 unspecified atom stereocenters. The average Bonchev–Trinajstić information content (AvgIpc) is 3.15. The summed E-state index contributed by atoms with van der Waals surface area (Å²) in [6, 6.07) is 11.3. The third-order valence-corrected chi connectivity index (χ3v) is 4.65. The van der Waals surface area contributed by atoms with Gasteiger partial charge in [-0.05, 0) is 18.1 Å². The minimum Gasteiger partial charge on any atom is -0.467 e. The van der Waals surface area contributed by atoms with Gasteiger partial charge in [0.25, 0.3) is 5.91 Å². The van der Waals surface area contributed by atoms with E-state index in [2.05, 4.69) is 4.90 Å². The van der Waals surface area contributed by atoms with Gasteiger partial charge in [-0.2, -0.15) is 0 Å². The van der Waals surface area contributed by atoms with Gasteiger partial charge in [0.1, 0.15) is 12.0 Å². The first-order valence-corrected chi connectivity index (χ1v) is 8.99. The molecule has 6 heteroatoms. The number of benzene rings is 1. The van der Waals surface area contributed by atoms with Crippen LogP contribution in [0.5, 0.6) is 0 Å². The molecule has 1 aliphatic rings. The number of carbonyl (C=O) groups is 1. The van der Waals surface area contributed by atoms with Crippen molar-refractivity contribution in [2.75, 3.05) is 39.9 Å². The Morgan fingerprint density at radius 1 is 1.27 bits per heavy atom. The van der Waals surface area contributed by atoms with E-state index in [1.54, 1.807) is 11.9 Å². The Hall–Kier alpha value is -2.15. The van der Waals surface area contributed by atoms with Crippen LogP contribution in [0.15, 0.2) is 47.1 Å². The summed E-state index contributed by atoms with van der Waals surface area (Å²) in [5.41, 5.74) is 1.41. The molecule has 1 aromatic heterocycles. The molecule has 6 nitrogen and oxygen atoms in total. The Kier molecular flexibility index (Phi) is 6.44. The van der Waals surface area contributed by atoms with Gasteiger partial charge in [0.15, 0.2) is 0 Å². The minimum absolute atomic E-state index is 0.0951. The highest BCUT2D eigenvalue weighted by atomic mass is 16.5. The summed E-state index contributed by atoms with van der Waals surface area (Å²) < 4.78 is 10.9. The van der Waals surface area contributed by atoms with Crippen LogP contribution in [0, 0.1) is 0 Å². The quantitative estimate of drug-likeness (QED) is 0.823. The number of amides is 1. The highest BCUT2D eigenvalue weighted by Crippen LogP contribution is 2.18. The summed E-state index contributed by atoms with van der Waals surface area (Å²) in [4.78, 5) is 16.4. The number of ether oxygens (including phenoxy) is 1. The SMILES string of the molecule is CN(CC[C@H](O)c1ccccc1)C(=O)c1coc(CN2CCOCC2)c1. The lowest BCUT2D eigenvalue weighted by Crippen LogP contribution is -2.35. The second-order valence-electron chi connectivity index (χ2n) is 6.63. The first kappa shape index (κ1) is 18.6. The van der Waals surface area contributed by atoms with E-state index in [-0.39, 0.29) is 5.91 Å². The van der Waals surface area contributed by atoms with Crippen molar-refractivity contribution in [3.05, 3.63) is 59.5 Å². The molecule has 1 fully saturated rings. The van der Waals surface area contributed by atoms with E-state index in [0.717, 1.165) is 37.6 Å². The van der Waals surface area contributed by atoms with Crippen LogP contribution in [0.4, 0.5) is 0 Å². The predicted octanol–water partition coefficient (Wildman–Crippen LogP) is 2.31. The molecular weight excluding hydrogens is 332 g/mol. The molecule has 1 aliphatic heterocycles. The average molecular weight is 358 g/mol. The van der Waals surface area contributed by atoms with Gasteiger partial charge in [-0.1, -0.05) is 30.3 Å². The van der Waals surface area contributed by atoms with Gasteiger partial charge in [0, 0.05) is 26.7 Å². The van der Waals surface area contributed by atoms with Gasteiger partial charge in [0.2, 0.25) is 0 Å². The Bertz CT molecular complexity index is 695. The van der Waals surface area contributed by atoms with Gasteiger partial charge < -0.3 is 19.2 Å². The lowest BCUT2D eigenvalue weighted by atomic mass is 10.1. The summed E-state index contributed by atoms with van der Waals surface area (Å²) in [6.07, 6.45) is 1.43. The molecule has 0 bridgehead atoms. The first-order valence-electron chi connectivity index (χ1n) is 8.99. The molecular formula is C20H26N2O4. The highest BCUT2D eigenvalue weighted by Gasteiger charge is 2.18. The van der Waals surface area contributed by atoms with Crippen LogP contribution in [0.1, 0.15) is 34.2 Å². The normalized spacial score (nSPS) is 16.4. The molecule has 0 radical (unpaired) electrons. The van der Waals surface area contributed by atoms with Gasteiger partial charge in [-0.25, -0.2) is 0 Å². The molecule has 1 atom stereocenters. The molecule has 1 N–H and O–H groups in total. The van der Waals surface area contributed by atoms with E-state index in [0.29, 0.717) is 25.1 Å². The van der Waals surface area contributed by atoms with Crippen LogP contribution in [0.3, 0.4) is 0 Å². The molecule has 0 saturated carbocycles. The maximum Gasteiger partial charge on any atom is 0.256 e. The molecule has 3 rings (SSSR count). The number of aliphatic hydroxyl groups excluding tert-OH is 1. The molecule has 0 aliphatic carbocycles. The topological polar surface area (TPSA) is 66.2 Å². The number of aliphatic hydroxyl groups is 1. The van der Waals surface area contributed by atoms with Crippen molar-refractivity contribution >= 4 is 5.91 Å². The van der Waals surface area contributed by atoms with Crippen LogP contribution < -0.4 is 0 Å². The lowest BCUT2D eigenvalue weighted by molar-refractivity contribution is 0.0313. The van der Waals surface area contributed by atoms with Crippen molar-refractivity contribution in [1.29, 1.82) is 0 Å². The van der Waals surface area contributed by atoms with E-state index in [1.807, 2.05) is 36.4 Å². The Balaban J connectivity index is 1.50. The van der Waals surface area contributed by atoms with E-state index in [9.17, 15) is 9.90 Å². The smallest absolute Gasteiger partial charge is 0.256 e. The molecule has 1 saturated heterocycles. The standard InChI is InChI=1S/C20H26N2O4/c1-21(8-7-19(23)16-5-3-2-4-6-16)20(24)17-13-18(26-15-17)14-22-9-11-25-12-10-22/h2-6,13,15,19,23H,7-12,14H2,1H3/t19-/m0/s1.